The van der Waals surface area contributed by atoms with Crippen LogP contribution in [0.1, 0.15) is 37.4 Å². The molecule has 1 saturated carbocycles. The average molecular weight is 264 g/mol. The van der Waals surface area contributed by atoms with Crippen LogP contribution in [0.5, 0.6) is 0 Å². The number of fused-ring (bicyclic) bond motifs is 1. The van der Waals surface area contributed by atoms with Gasteiger partial charge in [0.1, 0.15) is 5.82 Å². The Balaban J connectivity index is 2.08. The van der Waals surface area contributed by atoms with E-state index in [4.69, 9.17) is 22.3 Å². The molecule has 18 heavy (non-hydrogen) atoms. The summed E-state index contributed by atoms with van der Waals surface area (Å²) in [4.78, 5) is 4.75. The highest BCUT2D eigenvalue weighted by Crippen LogP contribution is 2.33. The Hall–Kier alpha value is -1.06. The zero-order valence-corrected chi connectivity index (χ0v) is 11.3. The number of halogens is 1. The second kappa shape index (κ2) is 4.56. The molecular weight excluding hydrogens is 246 g/mol. The molecule has 4 heteroatoms. The third kappa shape index (κ3) is 1.91. The highest BCUT2D eigenvalue weighted by Gasteiger charge is 2.27. The minimum atomic E-state index is 0.240. The van der Waals surface area contributed by atoms with Crippen LogP contribution in [0.15, 0.2) is 18.2 Å². The van der Waals surface area contributed by atoms with E-state index in [1.54, 1.807) is 0 Å². The highest BCUT2D eigenvalue weighted by atomic mass is 35.5. The minimum absolute atomic E-state index is 0.240. The zero-order valence-electron chi connectivity index (χ0n) is 10.6. The topological polar surface area (TPSA) is 43.8 Å². The van der Waals surface area contributed by atoms with Gasteiger partial charge in [-0.15, -0.1) is 0 Å². The third-order valence-corrected chi connectivity index (χ3v) is 4.26. The first-order chi connectivity index (χ1) is 8.66. The monoisotopic (exact) mass is 263 g/mol. The summed E-state index contributed by atoms with van der Waals surface area (Å²) in [5.74, 6) is 1.49. The molecule has 96 valence electrons. The van der Waals surface area contributed by atoms with Gasteiger partial charge in [-0.25, -0.2) is 4.98 Å². The van der Waals surface area contributed by atoms with Gasteiger partial charge in [0, 0.05) is 24.0 Å². The number of benzene rings is 1. The van der Waals surface area contributed by atoms with Crippen molar-refractivity contribution in [1.29, 1.82) is 0 Å². The van der Waals surface area contributed by atoms with Gasteiger partial charge >= 0.3 is 0 Å². The van der Waals surface area contributed by atoms with Crippen LogP contribution in [0.25, 0.3) is 11.0 Å². The Morgan fingerprint density at radius 1 is 1.33 bits per heavy atom. The molecule has 2 atom stereocenters. The summed E-state index contributed by atoms with van der Waals surface area (Å²) < 4.78 is 2.17. The van der Waals surface area contributed by atoms with Crippen molar-refractivity contribution in [2.45, 2.75) is 37.6 Å². The van der Waals surface area contributed by atoms with Crippen LogP contribution in [0, 0.1) is 0 Å². The molecule has 1 aliphatic rings. The van der Waals surface area contributed by atoms with Gasteiger partial charge in [-0.3, -0.25) is 0 Å². The Bertz CT molecular complexity index is 576. The summed E-state index contributed by atoms with van der Waals surface area (Å²) in [5, 5.41) is 0.736. The van der Waals surface area contributed by atoms with Crippen molar-refractivity contribution in [3.8, 4) is 0 Å². The fourth-order valence-corrected chi connectivity index (χ4v) is 3.17. The quantitative estimate of drug-likeness (QED) is 0.859. The fourth-order valence-electron chi connectivity index (χ4n) is 3.00. The van der Waals surface area contributed by atoms with Crippen molar-refractivity contribution in [2.75, 3.05) is 0 Å². The van der Waals surface area contributed by atoms with E-state index in [2.05, 4.69) is 11.6 Å². The summed E-state index contributed by atoms with van der Waals surface area (Å²) in [6, 6.07) is 6.11. The summed E-state index contributed by atoms with van der Waals surface area (Å²) in [7, 11) is 2.07. The smallest absolute Gasteiger partial charge is 0.114 e. The molecule has 0 saturated heterocycles. The largest absolute Gasteiger partial charge is 0.331 e. The van der Waals surface area contributed by atoms with E-state index in [0.29, 0.717) is 5.92 Å². The van der Waals surface area contributed by atoms with Crippen LogP contribution < -0.4 is 5.73 Å². The second-order valence-corrected chi connectivity index (χ2v) is 5.65. The first-order valence-corrected chi connectivity index (χ1v) is 6.92. The third-order valence-electron chi connectivity index (χ3n) is 4.03. The van der Waals surface area contributed by atoms with Gasteiger partial charge in [-0.05, 0) is 31.0 Å². The SMILES string of the molecule is Cn1c(C2CCCCC2N)nc2cc(Cl)ccc21. The van der Waals surface area contributed by atoms with Crippen molar-refractivity contribution in [3.63, 3.8) is 0 Å². The van der Waals surface area contributed by atoms with Gasteiger partial charge in [0.25, 0.3) is 0 Å². The number of rotatable bonds is 1. The lowest BCUT2D eigenvalue weighted by Gasteiger charge is -2.27. The van der Waals surface area contributed by atoms with Crippen molar-refractivity contribution in [2.24, 2.45) is 12.8 Å². The average Bonchev–Trinajstić information content (AvgIpc) is 2.67. The number of hydrogen-bond donors (Lipinski definition) is 1. The lowest BCUT2D eigenvalue weighted by atomic mass is 9.84. The van der Waals surface area contributed by atoms with Gasteiger partial charge in [0.2, 0.25) is 0 Å². The molecule has 0 bridgehead atoms. The maximum atomic E-state index is 6.25. The molecule has 3 rings (SSSR count). The van der Waals surface area contributed by atoms with Crippen molar-refractivity contribution >= 4 is 22.6 Å². The normalized spacial score (nSPS) is 24.6. The lowest BCUT2D eigenvalue weighted by Crippen LogP contribution is -2.32. The molecule has 0 spiro atoms. The van der Waals surface area contributed by atoms with Crippen molar-refractivity contribution < 1.29 is 0 Å². The number of imidazole rings is 1. The molecule has 1 aromatic heterocycles. The standard InChI is InChI=1S/C14H18ClN3/c1-18-13-7-6-9(15)8-12(13)17-14(18)10-4-2-3-5-11(10)16/h6-8,10-11H,2-5,16H2,1H3. The first kappa shape index (κ1) is 12.0. The molecule has 1 fully saturated rings. The Morgan fingerprint density at radius 2 is 2.11 bits per heavy atom. The molecule has 0 aliphatic heterocycles. The number of hydrogen-bond acceptors (Lipinski definition) is 2. The summed E-state index contributed by atoms with van der Waals surface area (Å²) >= 11 is 6.02. The molecule has 1 heterocycles. The van der Waals surface area contributed by atoms with Gasteiger partial charge in [0.15, 0.2) is 0 Å². The zero-order chi connectivity index (χ0) is 12.7. The second-order valence-electron chi connectivity index (χ2n) is 5.22. The molecule has 1 aliphatic carbocycles. The minimum Gasteiger partial charge on any atom is -0.331 e. The predicted molar refractivity (Wildman–Crippen MR) is 74.9 cm³/mol. The van der Waals surface area contributed by atoms with E-state index >= 15 is 0 Å². The van der Waals surface area contributed by atoms with Crippen LogP contribution in [-0.2, 0) is 7.05 Å². The van der Waals surface area contributed by atoms with Crippen LogP contribution in [0.4, 0.5) is 0 Å². The van der Waals surface area contributed by atoms with Gasteiger partial charge < -0.3 is 10.3 Å². The molecule has 2 N–H and O–H groups in total. The molecular formula is C14H18ClN3. The number of nitrogens with zero attached hydrogens (tertiary/aromatic N) is 2. The summed E-state index contributed by atoms with van der Waals surface area (Å²) in [6.07, 6.45) is 4.75. The number of aromatic nitrogens is 2. The van der Waals surface area contributed by atoms with Gasteiger partial charge in [0.05, 0.1) is 11.0 Å². The summed E-state index contributed by atoms with van der Waals surface area (Å²) in [5.41, 5.74) is 8.35. The van der Waals surface area contributed by atoms with E-state index in [0.717, 1.165) is 34.7 Å². The maximum Gasteiger partial charge on any atom is 0.114 e. The van der Waals surface area contributed by atoms with Crippen LogP contribution in [0.3, 0.4) is 0 Å². The molecule has 1 aromatic carbocycles. The molecule has 0 radical (unpaired) electrons. The van der Waals surface area contributed by atoms with Crippen LogP contribution in [0.2, 0.25) is 5.02 Å². The Kier molecular flexibility index (Phi) is 3.04. The van der Waals surface area contributed by atoms with Gasteiger partial charge in [-0.2, -0.15) is 0 Å². The predicted octanol–water partition coefficient (Wildman–Crippen LogP) is 3.21. The number of nitrogens with two attached hydrogens (primary N) is 1. The molecule has 3 nitrogen and oxygen atoms in total. The van der Waals surface area contributed by atoms with E-state index in [1.807, 2.05) is 18.2 Å². The number of aryl methyl sites for hydroxylation is 1. The Labute approximate surface area is 112 Å². The maximum absolute atomic E-state index is 6.25. The Morgan fingerprint density at radius 3 is 2.89 bits per heavy atom. The fraction of sp³-hybridized carbons (Fsp3) is 0.500. The van der Waals surface area contributed by atoms with Crippen molar-refractivity contribution in [1.82, 2.24) is 9.55 Å². The van der Waals surface area contributed by atoms with E-state index in [9.17, 15) is 0 Å². The van der Waals surface area contributed by atoms with E-state index in [-0.39, 0.29) is 6.04 Å². The molecule has 2 aromatic rings. The summed E-state index contributed by atoms with van der Waals surface area (Å²) in [6.45, 7) is 0. The van der Waals surface area contributed by atoms with Crippen molar-refractivity contribution in [3.05, 3.63) is 29.0 Å². The van der Waals surface area contributed by atoms with E-state index < -0.39 is 0 Å². The van der Waals surface area contributed by atoms with Gasteiger partial charge in [-0.1, -0.05) is 24.4 Å². The van der Waals surface area contributed by atoms with Crippen LogP contribution in [-0.4, -0.2) is 15.6 Å². The molecule has 2 unspecified atom stereocenters. The van der Waals surface area contributed by atoms with E-state index in [1.165, 1.54) is 12.8 Å². The molecule has 0 amide bonds. The highest BCUT2D eigenvalue weighted by molar-refractivity contribution is 6.31. The lowest BCUT2D eigenvalue weighted by molar-refractivity contribution is 0.368. The van der Waals surface area contributed by atoms with Crippen LogP contribution >= 0.6 is 11.6 Å². The first-order valence-electron chi connectivity index (χ1n) is 6.54.